The Bertz CT molecular complexity index is 277. The van der Waals surface area contributed by atoms with E-state index in [4.69, 9.17) is 10.2 Å². The number of hydrogen-bond donors (Lipinski definition) is 3. The van der Waals surface area contributed by atoms with Crippen LogP contribution in [-0.4, -0.2) is 40.4 Å². The van der Waals surface area contributed by atoms with Gasteiger partial charge in [-0.05, 0) is 5.92 Å². The number of aliphatic hydroxyl groups is 1. The average molecular weight is 243 g/mol. The molecule has 0 aliphatic carbocycles. The molecule has 3 N–H and O–H groups in total. The Morgan fingerprint density at radius 3 is 1.94 bits per heavy atom. The molecule has 16 heavy (non-hydrogen) atoms. The molecule has 1 amide bonds. The van der Waals surface area contributed by atoms with E-state index in [0.717, 1.165) is 0 Å². The van der Waals surface area contributed by atoms with Crippen molar-refractivity contribution in [2.24, 2.45) is 5.92 Å². The Labute approximate surface area is 89.3 Å². The molecule has 0 aliphatic heterocycles. The predicted molar refractivity (Wildman–Crippen MR) is 46.5 cm³/mol. The van der Waals surface area contributed by atoms with Gasteiger partial charge in [0.05, 0.1) is 6.04 Å². The minimum Gasteiger partial charge on any atom is -0.479 e. The highest BCUT2D eigenvalue weighted by Crippen LogP contribution is 2.16. The largest absolute Gasteiger partial charge is 0.479 e. The number of nitrogens with one attached hydrogen (secondary N) is 1. The molecule has 8 heteroatoms. The number of amides is 1. The van der Waals surface area contributed by atoms with Gasteiger partial charge in [-0.15, -0.1) is 0 Å². The van der Waals surface area contributed by atoms with E-state index in [1.807, 2.05) is 0 Å². The van der Waals surface area contributed by atoms with E-state index in [1.165, 1.54) is 19.2 Å². The van der Waals surface area contributed by atoms with Crippen molar-refractivity contribution < 1.29 is 33.0 Å². The normalized spacial score (nSPS) is 15.7. The number of hydrogen-bond acceptors (Lipinski definition) is 3. The van der Waals surface area contributed by atoms with E-state index in [2.05, 4.69) is 0 Å². The van der Waals surface area contributed by atoms with Crippen LogP contribution in [0.15, 0.2) is 0 Å². The Kier molecular flexibility index (Phi) is 4.73. The first-order chi connectivity index (χ1) is 7.07. The van der Waals surface area contributed by atoms with Crippen molar-refractivity contribution in [2.75, 3.05) is 0 Å². The lowest BCUT2D eigenvalue weighted by Gasteiger charge is -2.25. The van der Waals surface area contributed by atoms with E-state index >= 15 is 0 Å². The molecule has 0 spiro atoms. The van der Waals surface area contributed by atoms with Gasteiger partial charge < -0.3 is 15.5 Å². The molecular weight excluding hydrogens is 231 g/mol. The molecule has 0 aromatic rings. The van der Waals surface area contributed by atoms with E-state index in [1.54, 1.807) is 0 Å². The first-order valence-corrected chi connectivity index (χ1v) is 4.36. The topological polar surface area (TPSA) is 86.6 Å². The maximum atomic E-state index is 11.9. The van der Waals surface area contributed by atoms with Crippen molar-refractivity contribution in [3.63, 3.8) is 0 Å². The lowest BCUT2D eigenvalue weighted by molar-refractivity contribution is -0.176. The lowest BCUT2D eigenvalue weighted by atomic mass is 9.98. The first-order valence-electron chi connectivity index (χ1n) is 4.36. The smallest absolute Gasteiger partial charge is 0.471 e. The van der Waals surface area contributed by atoms with E-state index in [-0.39, 0.29) is 0 Å². The minimum atomic E-state index is -5.11. The Morgan fingerprint density at radius 1 is 1.25 bits per heavy atom. The summed E-state index contributed by atoms with van der Waals surface area (Å²) in [5.41, 5.74) is 0. The number of carboxylic acid groups (broad SMARTS) is 1. The molecule has 0 rings (SSSR count). The van der Waals surface area contributed by atoms with Crippen LogP contribution in [0, 0.1) is 5.92 Å². The van der Waals surface area contributed by atoms with Crippen LogP contribution < -0.4 is 5.32 Å². The molecule has 94 valence electrons. The van der Waals surface area contributed by atoms with Crippen molar-refractivity contribution in [1.29, 1.82) is 0 Å². The van der Waals surface area contributed by atoms with Gasteiger partial charge in [0.2, 0.25) is 0 Å². The summed E-state index contributed by atoms with van der Waals surface area (Å²) in [7, 11) is 0. The molecule has 0 aromatic heterocycles. The summed E-state index contributed by atoms with van der Waals surface area (Å²) in [6.45, 7) is 2.76. The van der Waals surface area contributed by atoms with E-state index in [0.29, 0.717) is 0 Å². The van der Waals surface area contributed by atoms with Gasteiger partial charge in [0.25, 0.3) is 0 Å². The number of carboxylic acids is 1. The molecule has 0 aliphatic rings. The Hall–Kier alpha value is -1.31. The molecule has 2 atom stereocenters. The molecule has 0 saturated carbocycles. The quantitative estimate of drug-likeness (QED) is 0.655. The fraction of sp³-hybridized carbons (Fsp3) is 0.750. The average Bonchev–Trinajstić information content (AvgIpc) is 2.10. The van der Waals surface area contributed by atoms with Crippen LogP contribution in [0.4, 0.5) is 13.2 Å². The fourth-order valence-electron chi connectivity index (χ4n) is 0.997. The number of rotatable bonds is 4. The number of halogens is 3. The maximum absolute atomic E-state index is 11.9. The second-order valence-corrected chi connectivity index (χ2v) is 3.52. The highest BCUT2D eigenvalue weighted by Gasteiger charge is 2.42. The predicted octanol–water partition coefficient (Wildman–Crippen LogP) is 0.135. The van der Waals surface area contributed by atoms with E-state index < -0.39 is 36.1 Å². The molecule has 0 radical (unpaired) electrons. The summed E-state index contributed by atoms with van der Waals surface area (Å²) in [6, 6.07) is -1.49. The van der Waals surface area contributed by atoms with Gasteiger partial charge in [0.1, 0.15) is 0 Å². The summed E-state index contributed by atoms with van der Waals surface area (Å²) >= 11 is 0. The fourth-order valence-corrected chi connectivity index (χ4v) is 0.997. The third-order valence-electron chi connectivity index (χ3n) is 1.87. The van der Waals surface area contributed by atoms with Crippen molar-refractivity contribution in [3.05, 3.63) is 0 Å². The summed E-state index contributed by atoms with van der Waals surface area (Å²) in [4.78, 5) is 21.0. The summed E-state index contributed by atoms with van der Waals surface area (Å²) < 4.78 is 35.7. The molecule has 2 unspecified atom stereocenters. The highest BCUT2D eigenvalue weighted by atomic mass is 19.4. The Balaban J connectivity index is 4.72. The Morgan fingerprint density at radius 2 is 1.69 bits per heavy atom. The molecule has 5 nitrogen and oxygen atoms in total. The van der Waals surface area contributed by atoms with Crippen molar-refractivity contribution in [1.82, 2.24) is 5.32 Å². The second kappa shape index (κ2) is 5.15. The number of alkyl halides is 3. The lowest BCUT2D eigenvalue weighted by Crippen LogP contribution is -2.53. The number of carbonyl (C=O) groups is 2. The SMILES string of the molecule is CC(C)C(NC(=O)C(F)(F)F)C(O)C(=O)O. The van der Waals surface area contributed by atoms with Crippen molar-refractivity contribution >= 4 is 11.9 Å². The zero-order valence-corrected chi connectivity index (χ0v) is 8.58. The number of aliphatic hydroxyl groups excluding tert-OH is 1. The summed E-state index contributed by atoms with van der Waals surface area (Å²) in [6.07, 6.45) is -7.18. The molecular formula is C8H12F3NO4. The van der Waals surface area contributed by atoms with Crippen LogP contribution in [0.1, 0.15) is 13.8 Å². The van der Waals surface area contributed by atoms with Crippen molar-refractivity contribution in [2.45, 2.75) is 32.2 Å². The maximum Gasteiger partial charge on any atom is 0.471 e. The van der Waals surface area contributed by atoms with Gasteiger partial charge in [-0.25, -0.2) is 4.79 Å². The number of carbonyl (C=O) groups excluding carboxylic acids is 1. The van der Waals surface area contributed by atoms with Gasteiger partial charge in [-0.2, -0.15) is 13.2 Å². The van der Waals surface area contributed by atoms with Crippen LogP contribution in [0.25, 0.3) is 0 Å². The third kappa shape index (κ3) is 4.05. The van der Waals surface area contributed by atoms with Gasteiger partial charge in [0.15, 0.2) is 6.10 Å². The molecule has 0 heterocycles. The molecule has 0 aromatic carbocycles. The van der Waals surface area contributed by atoms with Gasteiger partial charge in [-0.3, -0.25) is 4.79 Å². The van der Waals surface area contributed by atoms with E-state index in [9.17, 15) is 22.8 Å². The molecule has 0 fully saturated rings. The van der Waals surface area contributed by atoms with Crippen LogP contribution >= 0.6 is 0 Å². The van der Waals surface area contributed by atoms with Crippen molar-refractivity contribution in [3.8, 4) is 0 Å². The van der Waals surface area contributed by atoms with Crippen LogP contribution in [0.5, 0.6) is 0 Å². The summed E-state index contributed by atoms with van der Waals surface area (Å²) in [5, 5.41) is 19.0. The molecule has 0 bridgehead atoms. The van der Waals surface area contributed by atoms with Gasteiger partial charge >= 0.3 is 18.1 Å². The van der Waals surface area contributed by atoms with Crippen LogP contribution in [-0.2, 0) is 9.59 Å². The second-order valence-electron chi connectivity index (χ2n) is 3.52. The minimum absolute atomic E-state index is 0.655. The third-order valence-corrected chi connectivity index (χ3v) is 1.87. The zero-order valence-electron chi connectivity index (χ0n) is 8.58. The molecule has 0 saturated heterocycles. The van der Waals surface area contributed by atoms with Crippen LogP contribution in [0.3, 0.4) is 0 Å². The zero-order chi connectivity index (χ0) is 13.1. The van der Waals surface area contributed by atoms with Gasteiger partial charge in [-0.1, -0.05) is 13.8 Å². The number of aliphatic carboxylic acids is 1. The standard InChI is InChI=1S/C8H12F3NO4/c1-3(2)4(5(13)6(14)15)12-7(16)8(9,10)11/h3-5,13H,1-2H3,(H,12,16)(H,14,15). The highest BCUT2D eigenvalue weighted by molar-refractivity contribution is 5.83. The summed E-state index contributed by atoms with van der Waals surface area (Å²) in [5.74, 6) is -4.62. The van der Waals surface area contributed by atoms with Crippen LogP contribution in [0.2, 0.25) is 0 Å². The first kappa shape index (κ1) is 14.7. The van der Waals surface area contributed by atoms with Gasteiger partial charge in [0, 0.05) is 0 Å². The monoisotopic (exact) mass is 243 g/mol.